The number of benzene rings is 4. The fourth-order valence-electron chi connectivity index (χ4n) is 3.83. The molecule has 37 heavy (non-hydrogen) atoms. The second-order valence-electron chi connectivity index (χ2n) is 8.18. The minimum Gasteiger partial charge on any atom is -0.490 e. The molecular weight excluding hydrogens is 579 g/mol. The number of carbonyl (C=O) groups excluding carboxylic acids is 1. The van der Waals surface area contributed by atoms with E-state index in [2.05, 4.69) is 33.1 Å². The lowest BCUT2D eigenvalue weighted by Crippen LogP contribution is -2.43. The minimum atomic E-state index is -1.90. The van der Waals surface area contributed by atoms with Crippen molar-refractivity contribution in [1.29, 1.82) is 0 Å². The number of carbonyl (C=O) groups is 1. The Kier molecular flexibility index (Phi) is 8.92. The Bertz CT molecular complexity index is 1310. The van der Waals surface area contributed by atoms with E-state index in [1.165, 1.54) is 6.21 Å². The molecule has 0 heterocycles. The van der Waals surface area contributed by atoms with Gasteiger partial charge in [-0.1, -0.05) is 91.0 Å². The number of hydrazone groups is 1. The van der Waals surface area contributed by atoms with Crippen LogP contribution in [0.15, 0.2) is 108 Å². The molecule has 4 aromatic carbocycles. The van der Waals surface area contributed by atoms with Crippen molar-refractivity contribution >= 4 is 34.7 Å². The van der Waals surface area contributed by atoms with E-state index < -0.39 is 11.5 Å². The average Bonchev–Trinajstić information content (AvgIpc) is 2.94. The van der Waals surface area contributed by atoms with E-state index in [9.17, 15) is 9.90 Å². The molecule has 0 aromatic heterocycles. The van der Waals surface area contributed by atoms with Crippen LogP contribution in [0.4, 0.5) is 0 Å². The molecule has 0 bridgehead atoms. The number of ether oxygens (including phenoxy) is 2. The zero-order valence-electron chi connectivity index (χ0n) is 20.3. The Balaban J connectivity index is 1.54. The number of aliphatic hydroxyl groups is 1. The van der Waals surface area contributed by atoms with Gasteiger partial charge in [-0.25, -0.2) is 5.43 Å². The fourth-order valence-corrected chi connectivity index (χ4v) is 4.61. The van der Waals surface area contributed by atoms with Gasteiger partial charge in [-0.05, 0) is 63.9 Å². The van der Waals surface area contributed by atoms with Crippen LogP contribution in [0.5, 0.6) is 11.5 Å². The number of amides is 1. The molecule has 0 radical (unpaired) electrons. The van der Waals surface area contributed by atoms with Gasteiger partial charge in [0.25, 0.3) is 5.91 Å². The maximum atomic E-state index is 13.2. The highest BCUT2D eigenvalue weighted by molar-refractivity contribution is 14.1. The van der Waals surface area contributed by atoms with Crippen LogP contribution in [0, 0.1) is 3.57 Å². The molecule has 0 aliphatic carbocycles. The van der Waals surface area contributed by atoms with Gasteiger partial charge in [0.2, 0.25) is 0 Å². The van der Waals surface area contributed by atoms with Crippen LogP contribution in [0.2, 0.25) is 0 Å². The monoisotopic (exact) mass is 606 g/mol. The predicted octanol–water partition coefficient (Wildman–Crippen LogP) is 5.66. The molecule has 0 atom stereocenters. The molecule has 6 nitrogen and oxygen atoms in total. The Labute approximate surface area is 230 Å². The molecular formula is C30H27IN2O4. The number of rotatable bonds is 10. The molecule has 0 saturated carbocycles. The standard InChI is InChI=1S/C30H27IN2O4/c1-2-36-27-19-23(18-26(31)28(27)37-21-22-12-6-3-7-13-22)20-32-33-29(34)30(35,24-14-8-4-9-15-24)25-16-10-5-11-17-25/h3-20,35H,2,21H2,1H3,(H,33,34)/b32-20-. The summed E-state index contributed by atoms with van der Waals surface area (Å²) in [6, 6.07) is 31.2. The summed E-state index contributed by atoms with van der Waals surface area (Å²) in [5, 5.41) is 15.7. The Hall–Kier alpha value is -3.69. The Morgan fingerprint density at radius 2 is 1.49 bits per heavy atom. The zero-order chi connectivity index (χ0) is 26.1. The van der Waals surface area contributed by atoms with Crippen molar-refractivity contribution in [3.05, 3.63) is 129 Å². The van der Waals surface area contributed by atoms with Gasteiger partial charge in [-0.2, -0.15) is 5.10 Å². The first-order valence-electron chi connectivity index (χ1n) is 11.8. The second-order valence-corrected chi connectivity index (χ2v) is 9.34. The van der Waals surface area contributed by atoms with Gasteiger partial charge in [-0.15, -0.1) is 0 Å². The van der Waals surface area contributed by atoms with E-state index in [0.29, 0.717) is 41.4 Å². The first kappa shape index (κ1) is 26.4. The summed E-state index contributed by atoms with van der Waals surface area (Å²) in [4.78, 5) is 13.2. The van der Waals surface area contributed by atoms with Crippen molar-refractivity contribution in [2.45, 2.75) is 19.1 Å². The van der Waals surface area contributed by atoms with Crippen molar-refractivity contribution in [3.8, 4) is 11.5 Å². The molecule has 4 aromatic rings. The molecule has 1 amide bonds. The number of nitrogens with zero attached hydrogens (tertiary/aromatic N) is 1. The van der Waals surface area contributed by atoms with E-state index in [1.54, 1.807) is 48.5 Å². The number of nitrogens with one attached hydrogen (secondary N) is 1. The fraction of sp³-hybridized carbons (Fsp3) is 0.133. The second kappa shape index (κ2) is 12.5. The van der Waals surface area contributed by atoms with Crippen LogP contribution in [-0.2, 0) is 17.0 Å². The first-order chi connectivity index (χ1) is 18.0. The average molecular weight is 606 g/mol. The van der Waals surface area contributed by atoms with Crippen molar-refractivity contribution in [2.75, 3.05) is 6.61 Å². The third kappa shape index (κ3) is 6.36. The van der Waals surface area contributed by atoms with Crippen molar-refractivity contribution in [3.63, 3.8) is 0 Å². The van der Waals surface area contributed by atoms with Gasteiger partial charge in [0.05, 0.1) is 16.4 Å². The summed E-state index contributed by atoms with van der Waals surface area (Å²) in [5.74, 6) is 0.571. The lowest BCUT2D eigenvalue weighted by atomic mass is 9.85. The van der Waals surface area contributed by atoms with E-state index >= 15 is 0 Å². The van der Waals surface area contributed by atoms with Crippen molar-refractivity contribution < 1.29 is 19.4 Å². The third-order valence-electron chi connectivity index (χ3n) is 5.65. The normalized spacial score (nSPS) is 11.3. The smallest absolute Gasteiger partial charge is 0.281 e. The van der Waals surface area contributed by atoms with E-state index in [-0.39, 0.29) is 0 Å². The minimum absolute atomic E-state index is 0.415. The summed E-state index contributed by atoms with van der Waals surface area (Å²) in [5.41, 5.74) is 3.26. The largest absolute Gasteiger partial charge is 0.490 e. The highest BCUT2D eigenvalue weighted by Gasteiger charge is 2.39. The van der Waals surface area contributed by atoms with Gasteiger partial charge in [0.1, 0.15) is 6.61 Å². The molecule has 7 heteroatoms. The lowest BCUT2D eigenvalue weighted by molar-refractivity contribution is -0.136. The van der Waals surface area contributed by atoms with Crippen LogP contribution >= 0.6 is 22.6 Å². The number of halogens is 1. The first-order valence-corrected chi connectivity index (χ1v) is 12.9. The molecule has 188 valence electrons. The summed E-state index contributed by atoms with van der Waals surface area (Å²) in [6.45, 7) is 2.79. The highest BCUT2D eigenvalue weighted by atomic mass is 127. The lowest BCUT2D eigenvalue weighted by Gasteiger charge is -2.27. The SMILES string of the molecule is CCOc1cc(/C=N\NC(=O)C(O)(c2ccccc2)c2ccccc2)cc(I)c1OCc1ccccc1. The maximum absolute atomic E-state index is 13.2. The molecule has 0 spiro atoms. The summed E-state index contributed by atoms with van der Waals surface area (Å²) in [6.07, 6.45) is 1.51. The quantitative estimate of drug-likeness (QED) is 0.139. The molecule has 0 aliphatic rings. The Morgan fingerprint density at radius 1 is 0.919 bits per heavy atom. The third-order valence-corrected chi connectivity index (χ3v) is 6.45. The van der Waals surface area contributed by atoms with Gasteiger partial charge in [0.15, 0.2) is 17.1 Å². The molecule has 0 fully saturated rings. The topological polar surface area (TPSA) is 80.2 Å². The van der Waals surface area contributed by atoms with E-state index in [4.69, 9.17) is 9.47 Å². The van der Waals surface area contributed by atoms with Gasteiger partial charge < -0.3 is 14.6 Å². The number of hydrogen-bond donors (Lipinski definition) is 2. The van der Waals surface area contributed by atoms with Gasteiger partial charge >= 0.3 is 0 Å². The van der Waals surface area contributed by atoms with E-state index in [1.807, 2.05) is 61.5 Å². The zero-order valence-corrected chi connectivity index (χ0v) is 22.5. The summed E-state index contributed by atoms with van der Waals surface area (Å²) >= 11 is 2.19. The van der Waals surface area contributed by atoms with E-state index in [0.717, 1.165) is 9.13 Å². The van der Waals surface area contributed by atoms with Gasteiger partial charge in [0, 0.05) is 0 Å². The summed E-state index contributed by atoms with van der Waals surface area (Å²) < 4.78 is 12.7. The van der Waals surface area contributed by atoms with Crippen molar-refractivity contribution in [1.82, 2.24) is 5.43 Å². The predicted molar refractivity (Wildman–Crippen MR) is 153 cm³/mol. The van der Waals surface area contributed by atoms with Crippen LogP contribution in [0.1, 0.15) is 29.2 Å². The van der Waals surface area contributed by atoms with Crippen LogP contribution in [-0.4, -0.2) is 23.8 Å². The molecule has 0 aliphatic heterocycles. The summed E-state index contributed by atoms with van der Waals surface area (Å²) in [7, 11) is 0. The molecule has 0 unspecified atom stereocenters. The number of hydrogen-bond acceptors (Lipinski definition) is 5. The highest BCUT2D eigenvalue weighted by Crippen LogP contribution is 2.35. The van der Waals surface area contributed by atoms with Crippen LogP contribution in [0.3, 0.4) is 0 Å². The molecule has 4 rings (SSSR count). The molecule has 0 saturated heterocycles. The van der Waals surface area contributed by atoms with Gasteiger partial charge in [-0.3, -0.25) is 4.79 Å². The van der Waals surface area contributed by atoms with Crippen LogP contribution < -0.4 is 14.9 Å². The van der Waals surface area contributed by atoms with Crippen LogP contribution in [0.25, 0.3) is 0 Å². The molecule has 2 N–H and O–H groups in total. The maximum Gasteiger partial charge on any atom is 0.281 e. The Morgan fingerprint density at radius 3 is 2.05 bits per heavy atom. The van der Waals surface area contributed by atoms with Crippen molar-refractivity contribution in [2.24, 2.45) is 5.10 Å².